The Balaban J connectivity index is 2.08. The summed E-state index contributed by atoms with van der Waals surface area (Å²) in [6, 6.07) is 5.30. The lowest BCUT2D eigenvalue weighted by Crippen LogP contribution is -2.40. The lowest BCUT2D eigenvalue weighted by atomic mass is 10.0. The van der Waals surface area contributed by atoms with Gasteiger partial charge in [0.25, 0.3) is 0 Å². The van der Waals surface area contributed by atoms with Gasteiger partial charge in [0.05, 0.1) is 13.2 Å². The van der Waals surface area contributed by atoms with Gasteiger partial charge in [-0.3, -0.25) is 0 Å². The van der Waals surface area contributed by atoms with Gasteiger partial charge in [0.2, 0.25) is 0 Å². The maximum atomic E-state index is 10.2. The summed E-state index contributed by atoms with van der Waals surface area (Å²) in [6.45, 7) is 2.01. The number of rotatable bonds is 4. The molecular weight excluding hydrogens is 254 g/mol. The molecule has 20 heavy (non-hydrogen) atoms. The van der Waals surface area contributed by atoms with Gasteiger partial charge in [0.15, 0.2) is 0 Å². The first-order valence-corrected chi connectivity index (χ1v) is 7.43. The number of hydrogen-bond donors (Lipinski definition) is 3. The minimum Gasteiger partial charge on any atom is -0.508 e. The Kier molecular flexibility index (Phi) is 5.26. The highest BCUT2D eigenvalue weighted by Gasteiger charge is 2.24. The number of aliphatic hydroxyl groups is 1. The molecule has 1 aromatic rings. The first kappa shape index (κ1) is 15.1. The molecule has 1 aromatic carbocycles. The van der Waals surface area contributed by atoms with Crippen molar-refractivity contribution >= 4 is 0 Å². The zero-order chi connectivity index (χ0) is 14.5. The lowest BCUT2D eigenvalue weighted by Gasteiger charge is -2.26. The molecule has 1 fully saturated rings. The SMILES string of the molecule is COc1ccc(O)c(C(C)NC2CCCCCC2O)c1. The number of phenols is 1. The minimum atomic E-state index is -0.298. The smallest absolute Gasteiger partial charge is 0.120 e. The molecule has 4 nitrogen and oxygen atoms in total. The highest BCUT2D eigenvalue weighted by molar-refractivity contribution is 5.41. The molecule has 1 aliphatic carbocycles. The van der Waals surface area contributed by atoms with Gasteiger partial charge in [-0.15, -0.1) is 0 Å². The van der Waals surface area contributed by atoms with Crippen molar-refractivity contribution in [1.82, 2.24) is 5.32 Å². The van der Waals surface area contributed by atoms with Crippen LogP contribution in [0.3, 0.4) is 0 Å². The van der Waals surface area contributed by atoms with E-state index in [2.05, 4.69) is 5.32 Å². The van der Waals surface area contributed by atoms with Gasteiger partial charge < -0.3 is 20.3 Å². The highest BCUT2D eigenvalue weighted by atomic mass is 16.5. The molecule has 0 heterocycles. The number of ether oxygens (including phenoxy) is 1. The van der Waals surface area contributed by atoms with Crippen LogP contribution in [0.5, 0.6) is 11.5 Å². The van der Waals surface area contributed by atoms with E-state index < -0.39 is 0 Å². The van der Waals surface area contributed by atoms with E-state index in [9.17, 15) is 10.2 Å². The van der Waals surface area contributed by atoms with E-state index >= 15 is 0 Å². The standard InChI is InChI=1S/C16H25NO3/c1-11(13-10-12(20-2)8-9-15(13)18)17-14-6-4-3-5-7-16(14)19/h8-11,14,16-19H,3-7H2,1-2H3. The summed E-state index contributed by atoms with van der Waals surface area (Å²) in [5.74, 6) is 0.988. The molecule has 0 radical (unpaired) electrons. The number of benzene rings is 1. The van der Waals surface area contributed by atoms with Crippen molar-refractivity contribution in [3.8, 4) is 11.5 Å². The van der Waals surface area contributed by atoms with Crippen molar-refractivity contribution in [2.24, 2.45) is 0 Å². The van der Waals surface area contributed by atoms with Crippen LogP contribution in [0.4, 0.5) is 0 Å². The Morgan fingerprint density at radius 2 is 2.00 bits per heavy atom. The monoisotopic (exact) mass is 279 g/mol. The van der Waals surface area contributed by atoms with E-state index in [0.717, 1.165) is 37.0 Å². The molecule has 2 rings (SSSR count). The van der Waals surface area contributed by atoms with Gasteiger partial charge in [-0.05, 0) is 38.0 Å². The lowest BCUT2D eigenvalue weighted by molar-refractivity contribution is 0.114. The van der Waals surface area contributed by atoms with Crippen LogP contribution in [0.25, 0.3) is 0 Å². The van der Waals surface area contributed by atoms with E-state index in [1.165, 1.54) is 6.42 Å². The summed E-state index contributed by atoms with van der Waals surface area (Å²) in [5, 5.41) is 23.6. The van der Waals surface area contributed by atoms with Crippen LogP contribution >= 0.6 is 0 Å². The third-order valence-corrected chi connectivity index (χ3v) is 4.14. The molecule has 0 aliphatic heterocycles. The van der Waals surface area contributed by atoms with Gasteiger partial charge in [0, 0.05) is 17.6 Å². The molecule has 0 spiro atoms. The minimum absolute atomic E-state index is 0.0251. The summed E-state index contributed by atoms with van der Waals surface area (Å²) >= 11 is 0. The summed E-state index contributed by atoms with van der Waals surface area (Å²) in [4.78, 5) is 0. The normalized spacial score (nSPS) is 24.9. The molecule has 0 aromatic heterocycles. The van der Waals surface area contributed by atoms with Crippen LogP contribution < -0.4 is 10.1 Å². The first-order valence-electron chi connectivity index (χ1n) is 7.43. The van der Waals surface area contributed by atoms with Crippen LogP contribution in [0.15, 0.2) is 18.2 Å². The van der Waals surface area contributed by atoms with Crippen LogP contribution in [0.2, 0.25) is 0 Å². The summed E-state index contributed by atoms with van der Waals surface area (Å²) in [7, 11) is 1.61. The molecule has 3 atom stereocenters. The number of nitrogens with one attached hydrogen (secondary N) is 1. The number of hydrogen-bond acceptors (Lipinski definition) is 4. The second-order valence-corrected chi connectivity index (χ2v) is 5.62. The largest absolute Gasteiger partial charge is 0.508 e. The van der Waals surface area contributed by atoms with E-state index in [1.807, 2.05) is 13.0 Å². The van der Waals surface area contributed by atoms with Crippen molar-refractivity contribution in [3.05, 3.63) is 23.8 Å². The summed E-state index contributed by atoms with van der Waals surface area (Å²) < 4.78 is 5.20. The second-order valence-electron chi connectivity index (χ2n) is 5.62. The molecular formula is C16H25NO3. The Labute approximate surface area is 120 Å². The fraction of sp³-hybridized carbons (Fsp3) is 0.625. The number of phenolic OH excluding ortho intramolecular Hbond substituents is 1. The van der Waals surface area contributed by atoms with E-state index in [1.54, 1.807) is 19.2 Å². The van der Waals surface area contributed by atoms with Gasteiger partial charge in [0.1, 0.15) is 11.5 Å². The Morgan fingerprint density at radius 1 is 1.25 bits per heavy atom. The van der Waals surface area contributed by atoms with Crippen molar-refractivity contribution in [2.75, 3.05) is 7.11 Å². The average Bonchev–Trinajstić information content (AvgIpc) is 2.64. The van der Waals surface area contributed by atoms with Gasteiger partial charge in [-0.25, -0.2) is 0 Å². The number of aliphatic hydroxyl groups excluding tert-OH is 1. The van der Waals surface area contributed by atoms with E-state index in [0.29, 0.717) is 0 Å². The molecule has 0 bridgehead atoms. The predicted molar refractivity (Wildman–Crippen MR) is 79.1 cm³/mol. The Hall–Kier alpha value is -1.26. The molecule has 4 heteroatoms. The second kappa shape index (κ2) is 6.95. The predicted octanol–water partition coefficient (Wildman–Crippen LogP) is 2.75. The fourth-order valence-corrected chi connectivity index (χ4v) is 2.90. The Morgan fingerprint density at radius 3 is 2.75 bits per heavy atom. The van der Waals surface area contributed by atoms with Crippen LogP contribution in [-0.4, -0.2) is 29.5 Å². The summed E-state index contributed by atoms with van der Waals surface area (Å²) in [5.41, 5.74) is 0.806. The zero-order valence-corrected chi connectivity index (χ0v) is 12.3. The van der Waals surface area contributed by atoms with E-state index in [4.69, 9.17) is 4.74 Å². The van der Waals surface area contributed by atoms with Gasteiger partial charge in [-0.2, -0.15) is 0 Å². The van der Waals surface area contributed by atoms with Crippen molar-refractivity contribution < 1.29 is 14.9 Å². The molecule has 112 valence electrons. The maximum Gasteiger partial charge on any atom is 0.120 e. The number of aromatic hydroxyl groups is 1. The quantitative estimate of drug-likeness (QED) is 0.742. The van der Waals surface area contributed by atoms with Gasteiger partial charge in [-0.1, -0.05) is 19.3 Å². The maximum absolute atomic E-state index is 10.2. The molecule has 0 amide bonds. The average molecular weight is 279 g/mol. The Bertz CT molecular complexity index is 436. The molecule has 1 saturated carbocycles. The highest BCUT2D eigenvalue weighted by Crippen LogP contribution is 2.29. The van der Waals surface area contributed by atoms with Gasteiger partial charge >= 0.3 is 0 Å². The van der Waals surface area contributed by atoms with E-state index in [-0.39, 0.29) is 23.9 Å². The van der Waals surface area contributed by atoms with Crippen molar-refractivity contribution in [1.29, 1.82) is 0 Å². The topological polar surface area (TPSA) is 61.7 Å². The third-order valence-electron chi connectivity index (χ3n) is 4.14. The molecule has 3 N–H and O–H groups in total. The molecule has 3 unspecified atom stereocenters. The van der Waals surface area contributed by atoms with Crippen LogP contribution in [-0.2, 0) is 0 Å². The van der Waals surface area contributed by atoms with Crippen LogP contribution in [0, 0.1) is 0 Å². The zero-order valence-electron chi connectivity index (χ0n) is 12.3. The number of methoxy groups -OCH3 is 1. The van der Waals surface area contributed by atoms with Crippen LogP contribution in [0.1, 0.15) is 50.6 Å². The molecule has 1 aliphatic rings. The fourth-order valence-electron chi connectivity index (χ4n) is 2.90. The summed E-state index contributed by atoms with van der Waals surface area (Å²) in [6.07, 6.45) is 4.97. The third kappa shape index (κ3) is 3.64. The van der Waals surface area contributed by atoms with Crippen molar-refractivity contribution in [2.45, 2.75) is 57.2 Å². The van der Waals surface area contributed by atoms with Crippen molar-refractivity contribution in [3.63, 3.8) is 0 Å². The first-order chi connectivity index (χ1) is 9.61. The molecule has 0 saturated heterocycles.